The fraction of sp³-hybridized carbons (Fsp3) is 0.385. The van der Waals surface area contributed by atoms with Crippen LogP contribution in [0.4, 0.5) is 0 Å². The molecule has 0 saturated heterocycles. The van der Waals surface area contributed by atoms with Gasteiger partial charge in [-0.25, -0.2) is 0 Å². The van der Waals surface area contributed by atoms with Gasteiger partial charge in [0, 0.05) is 22.8 Å². The minimum absolute atomic E-state index is 0.987. The number of hydrogen-bond acceptors (Lipinski definition) is 0. The summed E-state index contributed by atoms with van der Waals surface area (Å²) in [6.45, 7) is 9.83. The van der Waals surface area contributed by atoms with Crippen LogP contribution in [0.15, 0.2) is 18.9 Å². The lowest BCUT2D eigenvalue weighted by atomic mass is 10.1. The third-order valence-electron chi connectivity index (χ3n) is 1.94. The van der Waals surface area contributed by atoms with Gasteiger partial charge in [0.15, 0.2) is 0 Å². The number of alkyl halides is 1. The van der Waals surface area contributed by atoms with Crippen LogP contribution >= 0.6 is 15.9 Å². The van der Waals surface area contributed by atoms with E-state index in [0.29, 0.717) is 0 Å². The SMILES string of the molecule is C=Cc1c(CCBr)c[nH]c1/C=C\C.CC. The maximum atomic E-state index is 3.82. The molecule has 1 N–H and O–H groups in total. The highest BCUT2D eigenvalue weighted by Gasteiger charge is 2.04. The van der Waals surface area contributed by atoms with Crippen LogP contribution in [0, 0.1) is 0 Å². The standard InChI is InChI=1S/C11H14BrN.C2H6/c1-3-5-11-10(4-2)9(6-7-12)8-13-11;1-2/h3-5,8,13H,2,6-7H2,1H3;1-2H3/b5-3-;. The lowest BCUT2D eigenvalue weighted by molar-refractivity contribution is 1.17. The molecular formula is C13H20BrN. The zero-order chi connectivity index (χ0) is 11.7. The summed E-state index contributed by atoms with van der Waals surface area (Å²) in [6.07, 6.45) is 9.08. The number of halogens is 1. The molecular weight excluding hydrogens is 250 g/mol. The first kappa shape index (κ1) is 14.2. The second kappa shape index (κ2) is 8.54. The summed E-state index contributed by atoms with van der Waals surface area (Å²) >= 11 is 3.43. The number of H-pyrrole nitrogens is 1. The van der Waals surface area contributed by atoms with Gasteiger partial charge in [-0.1, -0.05) is 48.5 Å². The summed E-state index contributed by atoms with van der Waals surface area (Å²) < 4.78 is 0. The molecule has 0 aliphatic heterocycles. The molecule has 1 heterocycles. The predicted octanol–water partition coefficient (Wildman–Crippen LogP) is 4.65. The van der Waals surface area contributed by atoms with Crippen molar-refractivity contribution in [1.82, 2.24) is 4.98 Å². The van der Waals surface area contributed by atoms with Crippen LogP contribution in [0.5, 0.6) is 0 Å². The Morgan fingerprint density at radius 1 is 1.47 bits per heavy atom. The van der Waals surface area contributed by atoms with Crippen LogP contribution < -0.4 is 0 Å². The van der Waals surface area contributed by atoms with Gasteiger partial charge >= 0.3 is 0 Å². The predicted molar refractivity (Wildman–Crippen MR) is 74.4 cm³/mol. The number of hydrogen-bond donors (Lipinski definition) is 1. The molecule has 0 aliphatic rings. The fourth-order valence-electron chi connectivity index (χ4n) is 1.35. The Morgan fingerprint density at radius 2 is 2.13 bits per heavy atom. The van der Waals surface area contributed by atoms with Gasteiger partial charge in [-0.3, -0.25) is 0 Å². The summed E-state index contributed by atoms with van der Waals surface area (Å²) in [5, 5.41) is 0.987. The van der Waals surface area contributed by atoms with Crippen LogP contribution in [-0.4, -0.2) is 10.3 Å². The molecule has 0 bridgehead atoms. The van der Waals surface area contributed by atoms with E-state index in [-0.39, 0.29) is 0 Å². The summed E-state index contributed by atoms with van der Waals surface area (Å²) in [5.41, 5.74) is 3.69. The second-order valence-corrected chi connectivity index (χ2v) is 3.58. The Hall–Kier alpha value is -0.760. The van der Waals surface area contributed by atoms with E-state index in [1.807, 2.05) is 39.1 Å². The summed E-state index contributed by atoms with van der Waals surface area (Å²) in [7, 11) is 0. The molecule has 0 unspecified atom stereocenters. The molecule has 0 fully saturated rings. The summed E-state index contributed by atoms with van der Waals surface area (Å²) in [6, 6.07) is 0. The highest BCUT2D eigenvalue weighted by molar-refractivity contribution is 9.09. The monoisotopic (exact) mass is 269 g/mol. The molecule has 0 aliphatic carbocycles. The Balaban J connectivity index is 0.000000921. The van der Waals surface area contributed by atoms with Crippen LogP contribution in [0.25, 0.3) is 12.2 Å². The van der Waals surface area contributed by atoms with Crippen LogP contribution in [-0.2, 0) is 6.42 Å². The van der Waals surface area contributed by atoms with E-state index < -0.39 is 0 Å². The largest absolute Gasteiger partial charge is 0.361 e. The highest BCUT2D eigenvalue weighted by Crippen LogP contribution is 2.18. The van der Waals surface area contributed by atoms with Crippen LogP contribution in [0.1, 0.15) is 37.6 Å². The number of allylic oxidation sites excluding steroid dienone is 1. The van der Waals surface area contributed by atoms with E-state index in [2.05, 4.69) is 33.6 Å². The smallest absolute Gasteiger partial charge is 0.0453 e. The van der Waals surface area contributed by atoms with Gasteiger partial charge in [-0.05, 0) is 25.0 Å². The minimum atomic E-state index is 0.987. The Morgan fingerprint density at radius 3 is 2.60 bits per heavy atom. The van der Waals surface area contributed by atoms with E-state index in [1.54, 1.807) is 0 Å². The Kier molecular flexibility index (Phi) is 8.11. The molecule has 1 rings (SSSR count). The zero-order valence-electron chi connectivity index (χ0n) is 9.81. The molecule has 0 spiro atoms. The third-order valence-corrected chi connectivity index (χ3v) is 2.34. The topological polar surface area (TPSA) is 15.8 Å². The first-order chi connectivity index (χ1) is 7.33. The van der Waals surface area contributed by atoms with Crippen molar-refractivity contribution in [2.75, 3.05) is 5.33 Å². The van der Waals surface area contributed by atoms with Crippen molar-refractivity contribution in [3.05, 3.63) is 35.7 Å². The number of aryl methyl sites for hydroxylation is 1. The van der Waals surface area contributed by atoms with Gasteiger partial charge in [-0.2, -0.15) is 0 Å². The molecule has 2 heteroatoms. The average molecular weight is 270 g/mol. The maximum Gasteiger partial charge on any atom is 0.0453 e. The third kappa shape index (κ3) is 4.08. The van der Waals surface area contributed by atoms with Gasteiger partial charge in [0.2, 0.25) is 0 Å². The number of nitrogens with one attached hydrogen (secondary N) is 1. The molecule has 0 saturated carbocycles. The lowest BCUT2D eigenvalue weighted by Crippen LogP contribution is -1.85. The van der Waals surface area contributed by atoms with Crippen molar-refractivity contribution >= 4 is 28.1 Å². The van der Waals surface area contributed by atoms with Gasteiger partial charge in [0.05, 0.1) is 0 Å². The van der Waals surface area contributed by atoms with E-state index >= 15 is 0 Å². The molecule has 1 aromatic rings. The number of aromatic amines is 1. The van der Waals surface area contributed by atoms with Gasteiger partial charge < -0.3 is 4.98 Å². The normalized spacial score (nSPS) is 9.87. The number of rotatable bonds is 4. The van der Waals surface area contributed by atoms with Crippen molar-refractivity contribution in [2.45, 2.75) is 27.2 Å². The Labute approximate surface area is 101 Å². The average Bonchev–Trinajstić information content (AvgIpc) is 2.65. The second-order valence-electron chi connectivity index (χ2n) is 2.78. The molecule has 0 aromatic carbocycles. The van der Waals surface area contributed by atoms with Crippen molar-refractivity contribution in [2.24, 2.45) is 0 Å². The van der Waals surface area contributed by atoms with Gasteiger partial charge in [0.25, 0.3) is 0 Å². The minimum Gasteiger partial charge on any atom is -0.361 e. The first-order valence-electron chi connectivity index (χ1n) is 5.34. The molecule has 0 radical (unpaired) electrons. The van der Waals surface area contributed by atoms with Gasteiger partial charge in [0.1, 0.15) is 0 Å². The van der Waals surface area contributed by atoms with E-state index in [0.717, 1.165) is 17.4 Å². The number of aromatic nitrogens is 1. The fourth-order valence-corrected chi connectivity index (χ4v) is 1.77. The van der Waals surface area contributed by atoms with Crippen molar-refractivity contribution in [1.29, 1.82) is 0 Å². The van der Waals surface area contributed by atoms with Crippen molar-refractivity contribution in [3.8, 4) is 0 Å². The zero-order valence-corrected chi connectivity index (χ0v) is 11.4. The highest BCUT2D eigenvalue weighted by atomic mass is 79.9. The maximum absolute atomic E-state index is 3.82. The first-order valence-corrected chi connectivity index (χ1v) is 6.47. The summed E-state index contributed by atoms with van der Waals surface area (Å²) in [4.78, 5) is 3.23. The van der Waals surface area contributed by atoms with E-state index in [9.17, 15) is 0 Å². The molecule has 1 nitrogen and oxygen atoms in total. The van der Waals surface area contributed by atoms with Crippen LogP contribution in [0.3, 0.4) is 0 Å². The molecule has 0 atom stereocenters. The van der Waals surface area contributed by atoms with Crippen molar-refractivity contribution < 1.29 is 0 Å². The summed E-state index contributed by atoms with van der Waals surface area (Å²) in [5.74, 6) is 0. The molecule has 0 amide bonds. The van der Waals surface area contributed by atoms with E-state index in [4.69, 9.17) is 0 Å². The molecule has 84 valence electrons. The quantitative estimate of drug-likeness (QED) is 0.766. The van der Waals surface area contributed by atoms with E-state index in [1.165, 1.54) is 11.1 Å². The van der Waals surface area contributed by atoms with Crippen molar-refractivity contribution in [3.63, 3.8) is 0 Å². The van der Waals surface area contributed by atoms with Crippen LogP contribution in [0.2, 0.25) is 0 Å². The Bertz CT molecular complexity index is 310. The lowest BCUT2D eigenvalue weighted by Gasteiger charge is -1.96. The molecule has 15 heavy (non-hydrogen) atoms. The molecule has 1 aromatic heterocycles. The van der Waals surface area contributed by atoms with Gasteiger partial charge in [-0.15, -0.1) is 0 Å².